The first-order chi connectivity index (χ1) is 17.4. The van der Waals surface area contributed by atoms with Gasteiger partial charge in [-0.05, 0) is 56.1 Å². The van der Waals surface area contributed by atoms with Gasteiger partial charge in [0.2, 0.25) is 0 Å². The fraction of sp³-hybridized carbons (Fsp3) is 0.419. The summed E-state index contributed by atoms with van der Waals surface area (Å²) in [5.74, 6) is 2.61. The highest BCUT2D eigenvalue weighted by Crippen LogP contribution is 2.53. The molecule has 2 N–H and O–H groups in total. The lowest BCUT2D eigenvalue weighted by molar-refractivity contribution is 0.0528. The van der Waals surface area contributed by atoms with Crippen molar-refractivity contribution >= 4 is 0 Å². The Bertz CT molecular complexity index is 1100. The Balaban J connectivity index is 1.59. The van der Waals surface area contributed by atoms with Gasteiger partial charge in [0.25, 0.3) is 0 Å². The van der Waals surface area contributed by atoms with Crippen molar-refractivity contribution in [3.63, 3.8) is 0 Å². The lowest BCUT2D eigenvalue weighted by Crippen LogP contribution is -2.43. The third kappa shape index (κ3) is 6.03. The molecule has 1 aliphatic heterocycles. The van der Waals surface area contributed by atoms with Crippen molar-refractivity contribution in [1.82, 2.24) is 5.32 Å². The standard InChI is InChI=1S/C31H39NO4/c1-5-6-18-32-20-24(33)21-35-25-14-12-22(13-15-25)29-27-17-16-26(34-4)19-28(27)36-31(2,3)30(29)23-10-8-7-9-11-23/h7-17,19,24,29-30,32-33H,5-6,18,20-21H2,1-4H3/t24?,29-,30-/m1/s1. The molecule has 1 aliphatic rings. The van der Waals surface area contributed by atoms with Crippen LogP contribution < -0.4 is 19.5 Å². The first-order valence-electron chi connectivity index (χ1n) is 13.0. The number of rotatable bonds is 11. The third-order valence-electron chi connectivity index (χ3n) is 6.94. The number of benzene rings is 3. The molecule has 36 heavy (non-hydrogen) atoms. The largest absolute Gasteiger partial charge is 0.497 e. The topological polar surface area (TPSA) is 60.0 Å². The van der Waals surface area contributed by atoms with Gasteiger partial charge in [-0.2, -0.15) is 0 Å². The van der Waals surface area contributed by atoms with E-state index in [0.29, 0.717) is 6.54 Å². The van der Waals surface area contributed by atoms with Crippen molar-refractivity contribution in [3.8, 4) is 17.2 Å². The smallest absolute Gasteiger partial charge is 0.127 e. The SMILES string of the molecule is CCCCNCC(O)COc1ccc([C@@H]2c3ccc(OC)cc3OC(C)(C)[C@@H]2c2ccccc2)cc1. The van der Waals surface area contributed by atoms with Gasteiger partial charge in [0.15, 0.2) is 0 Å². The number of hydrogen-bond donors (Lipinski definition) is 2. The van der Waals surface area contributed by atoms with Gasteiger partial charge >= 0.3 is 0 Å². The second kappa shape index (κ2) is 11.8. The average molecular weight is 490 g/mol. The van der Waals surface area contributed by atoms with E-state index >= 15 is 0 Å². The quantitative estimate of drug-likeness (QED) is 0.328. The number of ether oxygens (including phenoxy) is 3. The first kappa shape index (κ1) is 26.1. The molecule has 0 saturated heterocycles. The predicted molar refractivity (Wildman–Crippen MR) is 144 cm³/mol. The third-order valence-corrected chi connectivity index (χ3v) is 6.94. The van der Waals surface area contributed by atoms with Crippen LogP contribution in [0.1, 0.15) is 62.1 Å². The number of unbranched alkanes of at least 4 members (excludes halogenated alkanes) is 1. The van der Waals surface area contributed by atoms with Crippen molar-refractivity contribution in [1.29, 1.82) is 0 Å². The van der Waals surface area contributed by atoms with Gasteiger partial charge in [-0.15, -0.1) is 0 Å². The molecule has 0 amide bonds. The number of hydrogen-bond acceptors (Lipinski definition) is 5. The van der Waals surface area contributed by atoms with Gasteiger partial charge in [-0.3, -0.25) is 0 Å². The molecule has 3 aromatic carbocycles. The van der Waals surface area contributed by atoms with Crippen LogP contribution in [0, 0.1) is 0 Å². The molecule has 5 heteroatoms. The number of fused-ring (bicyclic) bond motifs is 1. The summed E-state index contributed by atoms with van der Waals surface area (Å²) in [6, 6.07) is 25.0. The molecule has 1 unspecified atom stereocenters. The van der Waals surface area contributed by atoms with Crippen LogP contribution in [0.4, 0.5) is 0 Å². The normalized spacial score (nSPS) is 19.1. The van der Waals surface area contributed by atoms with Crippen molar-refractivity contribution in [2.24, 2.45) is 0 Å². The fourth-order valence-corrected chi connectivity index (χ4v) is 5.13. The highest BCUT2D eigenvalue weighted by atomic mass is 16.5. The van der Waals surface area contributed by atoms with E-state index < -0.39 is 11.7 Å². The number of aliphatic hydroxyl groups excluding tert-OH is 1. The van der Waals surface area contributed by atoms with E-state index in [2.05, 4.69) is 68.6 Å². The van der Waals surface area contributed by atoms with Gasteiger partial charge < -0.3 is 24.6 Å². The molecule has 0 spiro atoms. The van der Waals surface area contributed by atoms with Gasteiger partial charge in [0.1, 0.15) is 35.6 Å². The van der Waals surface area contributed by atoms with E-state index in [1.807, 2.05) is 30.3 Å². The van der Waals surface area contributed by atoms with Crippen LogP contribution in [-0.2, 0) is 0 Å². The number of aliphatic hydroxyl groups is 1. The monoisotopic (exact) mass is 489 g/mol. The van der Waals surface area contributed by atoms with Gasteiger partial charge in [-0.1, -0.05) is 61.9 Å². The number of nitrogens with one attached hydrogen (secondary N) is 1. The Morgan fingerprint density at radius 2 is 1.69 bits per heavy atom. The van der Waals surface area contributed by atoms with E-state index in [-0.39, 0.29) is 18.4 Å². The summed E-state index contributed by atoms with van der Waals surface area (Å²) in [5, 5.41) is 13.5. The molecule has 3 aromatic rings. The molecule has 0 saturated carbocycles. The molecule has 5 nitrogen and oxygen atoms in total. The Hall–Kier alpha value is -3.02. The van der Waals surface area contributed by atoms with Crippen molar-refractivity contribution in [2.45, 2.75) is 57.2 Å². The zero-order valence-corrected chi connectivity index (χ0v) is 21.9. The van der Waals surface area contributed by atoms with E-state index in [1.165, 1.54) is 11.1 Å². The van der Waals surface area contributed by atoms with Gasteiger partial charge in [0.05, 0.1) is 7.11 Å². The van der Waals surface area contributed by atoms with Crippen molar-refractivity contribution in [3.05, 3.63) is 89.5 Å². The van der Waals surface area contributed by atoms with Crippen molar-refractivity contribution < 1.29 is 19.3 Å². The lowest BCUT2D eigenvalue weighted by atomic mass is 9.68. The highest BCUT2D eigenvalue weighted by molar-refractivity contribution is 5.52. The summed E-state index contributed by atoms with van der Waals surface area (Å²) in [5.41, 5.74) is 3.15. The Morgan fingerprint density at radius 1 is 0.972 bits per heavy atom. The molecule has 3 atom stereocenters. The number of methoxy groups -OCH3 is 1. The van der Waals surface area contributed by atoms with Crippen LogP contribution in [0.15, 0.2) is 72.8 Å². The summed E-state index contributed by atoms with van der Waals surface area (Å²) in [7, 11) is 1.68. The minimum absolute atomic E-state index is 0.0967. The second-order valence-corrected chi connectivity index (χ2v) is 10.1. The molecule has 192 valence electrons. The Kier molecular flexibility index (Phi) is 8.55. The van der Waals surface area contributed by atoms with Crippen LogP contribution in [0.25, 0.3) is 0 Å². The average Bonchev–Trinajstić information content (AvgIpc) is 2.89. The first-order valence-corrected chi connectivity index (χ1v) is 13.0. The molecule has 0 aliphatic carbocycles. The van der Waals surface area contributed by atoms with Crippen LogP contribution in [0.3, 0.4) is 0 Å². The van der Waals surface area contributed by atoms with Gasteiger partial charge in [0, 0.05) is 30.0 Å². The maximum Gasteiger partial charge on any atom is 0.127 e. The Labute approximate surface area is 215 Å². The summed E-state index contributed by atoms with van der Waals surface area (Å²) in [6.07, 6.45) is 1.71. The zero-order valence-electron chi connectivity index (χ0n) is 21.9. The van der Waals surface area contributed by atoms with Crippen LogP contribution in [0.2, 0.25) is 0 Å². The second-order valence-electron chi connectivity index (χ2n) is 10.1. The van der Waals surface area contributed by atoms with Gasteiger partial charge in [-0.25, -0.2) is 0 Å². The molecular weight excluding hydrogens is 450 g/mol. The van der Waals surface area contributed by atoms with Crippen LogP contribution in [0.5, 0.6) is 17.2 Å². The summed E-state index contributed by atoms with van der Waals surface area (Å²) < 4.78 is 17.9. The molecule has 0 fully saturated rings. The maximum atomic E-state index is 10.2. The van der Waals surface area contributed by atoms with E-state index in [1.54, 1.807) is 7.11 Å². The lowest BCUT2D eigenvalue weighted by Gasteiger charge is -2.45. The molecule has 4 rings (SSSR count). The van der Waals surface area contributed by atoms with Crippen molar-refractivity contribution in [2.75, 3.05) is 26.8 Å². The highest BCUT2D eigenvalue weighted by Gasteiger charge is 2.45. The zero-order chi connectivity index (χ0) is 25.5. The minimum Gasteiger partial charge on any atom is -0.497 e. The Morgan fingerprint density at radius 3 is 2.39 bits per heavy atom. The summed E-state index contributed by atoms with van der Waals surface area (Å²) in [4.78, 5) is 0. The summed E-state index contributed by atoms with van der Waals surface area (Å²) >= 11 is 0. The maximum absolute atomic E-state index is 10.2. The molecule has 0 aromatic heterocycles. The van der Waals surface area contributed by atoms with E-state index in [9.17, 15) is 5.11 Å². The van der Waals surface area contributed by atoms with E-state index in [4.69, 9.17) is 14.2 Å². The van der Waals surface area contributed by atoms with Crippen LogP contribution >= 0.6 is 0 Å². The molecular formula is C31H39NO4. The minimum atomic E-state index is -0.540. The van der Waals surface area contributed by atoms with Crippen LogP contribution in [-0.4, -0.2) is 43.6 Å². The molecule has 1 heterocycles. The van der Waals surface area contributed by atoms with E-state index in [0.717, 1.165) is 42.2 Å². The fourth-order valence-electron chi connectivity index (χ4n) is 5.13. The predicted octanol–water partition coefficient (Wildman–Crippen LogP) is 5.91. The molecule has 0 radical (unpaired) electrons. The molecule has 0 bridgehead atoms. The summed E-state index contributed by atoms with van der Waals surface area (Å²) in [6.45, 7) is 8.19.